The van der Waals surface area contributed by atoms with E-state index in [1.54, 1.807) is 19.2 Å². The molecule has 0 saturated heterocycles. The number of carbonyl (C=O) groups is 4. The molecular weight excluding hydrogens is 548 g/mol. The van der Waals surface area contributed by atoms with Gasteiger partial charge >= 0.3 is 18.1 Å². The Hall–Kier alpha value is -4.06. The van der Waals surface area contributed by atoms with Crippen LogP contribution in [0.2, 0.25) is 0 Å². The highest BCUT2D eigenvalue weighted by atomic mass is 19.4. The number of hydrogen-bond donors (Lipinski definition) is 4. The average Bonchev–Trinajstić information content (AvgIpc) is 2.92. The summed E-state index contributed by atoms with van der Waals surface area (Å²) in [4.78, 5) is 46.4. The summed E-state index contributed by atoms with van der Waals surface area (Å²) >= 11 is 0. The van der Waals surface area contributed by atoms with Crippen LogP contribution in [0.25, 0.3) is 6.08 Å². The van der Waals surface area contributed by atoms with Crippen LogP contribution in [-0.4, -0.2) is 53.0 Å². The lowest BCUT2D eigenvalue weighted by atomic mass is 9.86. The minimum atomic E-state index is -5.08. The third kappa shape index (κ3) is 8.46. The lowest BCUT2D eigenvalue weighted by molar-refractivity contribution is -0.192. The smallest absolute Gasteiger partial charge is 0.478 e. The quantitative estimate of drug-likeness (QED) is 0.256. The summed E-state index contributed by atoms with van der Waals surface area (Å²) in [5.74, 6) is -4.88. The van der Waals surface area contributed by atoms with Crippen LogP contribution in [0.5, 0.6) is 0 Å². The molecule has 0 radical (unpaired) electrons. The van der Waals surface area contributed by atoms with E-state index >= 15 is 0 Å². The first-order valence-corrected chi connectivity index (χ1v) is 13.0. The largest absolute Gasteiger partial charge is 0.490 e. The topological polar surface area (TPSA) is 133 Å². The monoisotopic (exact) mass is 578 g/mol. The number of carboxylic acids is 2. The van der Waals surface area contributed by atoms with Crippen LogP contribution in [0.3, 0.4) is 0 Å². The van der Waals surface area contributed by atoms with Crippen LogP contribution in [0, 0.1) is 5.82 Å². The van der Waals surface area contributed by atoms with Crippen LogP contribution in [0.1, 0.15) is 64.7 Å². The number of ketones is 2. The number of alkyl halides is 3. The second kappa shape index (κ2) is 13.5. The maximum absolute atomic E-state index is 14.0. The predicted octanol–water partition coefficient (Wildman–Crippen LogP) is 4.94. The molecule has 1 fully saturated rings. The lowest BCUT2D eigenvalue weighted by Gasteiger charge is -2.23. The van der Waals surface area contributed by atoms with Crippen molar-refractivity contribution < 1.29 is 47.0 Å². The van der Waals surface area contributed by atoms with Crippen molar-refractivity contribution >= 4 is 35.3 Å². The molecule has 0 unspecified atom stereocenters. The van der Waals surface area contributed by atoms with Gasteiger partial charge in [0, 0.05) is 38.2 Å². The molecule has 4 rings (SSSR count). The molecule has 12 heteroatoms. The summed E-state index contributed by atoms with van der Waals surface area (Å²) in [7, 11) is 1.66. The summed E-state index contributed by atoms with van der Waals surface area (Å²) in [6, 6.07) is 7.78. The molecule has 0 heterocycles. The van der Waals surface area contributed by atoms with Gasteiger partial charge in [0.2, 0.25) is 0 Å². The second-order valence-electron chi connectivity index (χ2n) is 9.84. The zero-order valence-corrected chi connectivity index (χ0v) is 22.2. The van der Waals surface area contributed by atoms with Gasteiger partial charge in [0.05, 0.1) is 11.1 Å². The van der Waals surface area contributed by atoms with E-state index in [9.17, 15) is 37.1 Å². The number of allylic oxidation sites excluding steroid dienone is 1. The molecular formula is C29H30F4N2O6. The molecule has 2 aliphatic carbocycles. The zero-order valence-electron chi connectivity index (χ0n) is 22.2. The van der Waals surface area contributed by atoms with Crippen LogP contribution in [0.4, 0.5) is 23.2 Å². The van der Waals surface area contributed by atoms with Gasteiger partial charge in [-0.25, -0.2) is 14.0 Å². The summed E-state index contributed by atoms with van der Waals surface area (Å²) in [5, 5.41) is 22.9. The first kappa shape index (κ1) is 31.5. The van der Waals surface area contributed by atoms with Crippen molar-refractivity contribution in [1.82, 2.24) is 5.32 Å². The summed E-state index contributed by atoms with van der Waals surface area (Å²) < 4.78 is 45.8. The van der Waals surface area contributed by atoms with Crippen molar-refractivity contribution in [3.8, 4) is 0 Å². The number of benzene rings is 2. The fourth-order valence-electron chi connectivity index (χ4n) is 4.86. The van der Waals surface area contributed by atoms with Crippen LogP contribution in [0.15, 0.2) is 35.9 Å². The third-order valence-corrected chi connectivity index (χ3v) is 6.99. The lowest BCUT2D eigenvalue weighted by Crippen LogP contribution is -2.31. The number of rotatable bonds is 8. The molecule has 2 aromatic rings. The number of hydrogen-bond acceptors (Lipinski definition) is 6. The maximum atomic E-state index is 14.0. The predicted molar refractivity (Wildman–Crippen MR) is 142 cm³/mol. The van der Waals surface area contributed by atoms with Crippen LogP contribution in [-0.2, 0) is 33.8 Å². The fraction of sp³-hybridized carbons (Fsp3) is 0.379. The van der Waals surface area contributed by atoms with Gasteiger partial charge < -0.3 is 20.8 Å². The molecule has 220 valence electrons. The molecule has 0 bridgehead atoms. The van der Waals surface area contributed by atoms with Gasteiger partial charge in [-0.2, -0.15) is 13.2 Å². The molecule has 4 N–H and O–H groups in total. The Morgan fingerprint density at radius 2 is 1.66 bits per heavy atom. The molecule has 0 spiro atoms. The molecule has 2 aromatic carbocycles. The standard InChI is InChI=1S/C27H29FN2O4.C2HF3O2/c1-29-24-13-20(28)10-18-11-23(26(32)14-22(18)24)25(31)12-16-7-8-17(27(33)34)9-19(16)15-30-21-5-3-2-4-6-21;3-2(4,5)1(6)7/h7-11,13,21,29-30H,2-6,12,14-15H2,1H3,(H,33,34);(H,6,7). The average molecular weight is 579 g/mol. The van der Waals surface area contributed by atoms with Crippen molar-refractivity contribution in [2.45, 2.75) is 63.7 Å². The van der Waals surface area contributed by atoms with Gasteiger partial charge in [0.15, 0.2) is 11.6 Å². The van der Waals surface area contributed by atoms with Gasteiger partial charge in [-0.3, -0.25) is 9.59 Å². The second-order valence-corrected chi connectivity index (χ2v) is 9.84. The van der Waals surface area contributed by atoms with Gasteiger partial charge in [-0.05, 0) is 65.4 Å². The molecule has 0 aromatic heterocycles. The van der Waals surface area contributed by atoms with E-state index in [4.69, 9.17) is 9.90 Å². The number of anilines is 1. The van der Waals surface area contributed by atoms with E-state index in [1.165, 1.54) is 43.5 Å². The molecule has 2 aliphatic rings. The Labute approximate surface area is 233 Å². The highest BCUT2D eigenvalue weighted by molar-refractivity contribution is 6.25. The highest BCUT2D eigenvalue weighted by Crippen LogP contribution is 2.30. The van der Waals surface area contributed by atoms with E-state index in [0.717, 1.165) is 18.4 Å². The van der Waals surface area contributed by atoms with Crippen molar-refractivity contribution in [1.29, 1.82) is 0 Å². The van der Waals surface area contributed by atoms with Crippen molar-refractivity contribution in [3.63, 3.8) is 0 Å². The minimum Gasteiger partial charge on any atom is -0.478 e. The summed E-state index contributed by atoms with van der Waals surface area (Å²) in [5.41, 5.74) is 3.37. The summed E-state index contributed by atoms with van der Waals surface area (Å²) in [6.45, 7) is 0.459. The third-order valence-electron chi connectivity index (χ3n) is 6.99. The molecule has 41 heavy (non-hydrogen) atoms. The van der Waals surface area contributed by atoms with E-state index < -0.39 is 23.9 Å². The fourth-order valence-corrected chi connectivity index (χ4v) is 4.86. The van der Waals surface area contributed by atoms with E-state index in [0.29, 0.717) is 35.0 Å². The molecule has 8 nitrogen and oxygen atoms in total. The Kier molecular flexibility index (Phi) is 10.4. The Morgan fingerprint density at radius 1 is 1.00 bits per heavy atom. The number of nitrogens with one attached hydrogen (secondary N) is 2. The highest BCUT2D eigenvalue weighted by Gasteiger charge is 2.38. The molecule has 1 saturated carbocycles. The Morgan fingerprint density at radius 3 is 2.24 bits per heavy atom. The molecule has 0 aliphatic heterocycles. The molecule has 0 amide bonds. The van der Waals surface area contributed by atoms with Gasteiger partial charge in [-0.15, -0.1) is 0 Å². The number of aromatic carboxylic acids is 1. The Bertz CT molecular complexity index is 1360. The van der Waals surface area contributed by atoms with Crippen LogP contribution >= 0.6 is 0 Å². The van der Waals surface area contributed by atoms with E-state index in [-0.39, 0.29) is 35.5 Å². The van der Waals surface area contributed by atoms with Crippen LogP contribution < -0.4 is 10.6 Å². The summed E-state index contributed by atoms with van der Waals surface area (Å²) in [6.07, 6.45) is 2.13. The Balaban J connectivity index is 0.000000587. The van der Waals surface area contributed by atoms with Crippen molar-refractivity contribution in [2.24, 2.45) is 0 Å². The number of Topliss-reactive ketones (excluding diaryl/α,β-unsaturated/α-hetero) is 2. The first-order chi connectivity index (χ1) is 19.3. The zero-order chi connectivity index (χ0) is 30.3. The first-order valence-electron chi connectivity index (χ1n) is 13.0. The van der Waals surface area contributed by atoms with Crippen molar-refractivity contribution in [3.05, 3.63) is 69.5 Å². The van der Waals surface area contributed by atoms with Gasteiger partial charge in [-0.1, -0.05) is 25.3 Å². The normalized spacial score (nSPS) is 15.2. The number of halogens is 4. The number of carboxylic acid groups (broad SMARTS) is 2. The maximum Gasteiger partial charge on any atom is 0.490 e. The number of aliphatic carboxylic acids is 1. The van der Waals surface area contributed by atoms with Gasteiger partial charge in [0.25, 0.3) is 0 Å². The minimum absolute atomic E-state index is 0.0251. The van der Waals surface area contributed by atoms with Crippen molar-refractivity contribution in [2.75, 3.05) is 12.4 Å². The van der Waals surface area contributed by atoms with Gasteiger partial charge in [0.1, 0.15) is 5.82 Å². The SMILES string of the molecule is CNc1cc(F)cc2c1CC(=O)C(C(=O)Cc1ccc(C(=O)O)cc1CNC1CCCCC1)=C2.O=C(O)C(F)(F)F. The number of carbonyl (C=O) groups excluding carboxylic acids is 2. The van der Waals surface area contributed by atoms with E-state index in [1.807, 2.05) is 0 Å². The van der Waals surface area contributed by atoms with E-state index in [2.05, 4.69) is 10.6 Å². The molecule has 0 atom stereocenters. The number of fused-ring (bicyclic) bond motifs is 1.